The summed E-state index contributed by atoms with van der Waals surface area (Å²) in [6.45, 7) is 3.21. The Morgan fingerprint density at radius 1 is 1.44 bits per heavy atom. The van der Waals surface area contributed by atoms with Gasteiger partial charge in [0.1, 0.15) is 6.61 Å². The van der Waals surface area contributed by atoms with Crippen molar-refractivity contribution in [3.63, 3.8) is 0 Å². The molecule has 0 saturated heterocycles. The van der Waals surface area contributed by atoms with E-state index in [4.69, 9.17) is 9.84 Å². The highest BCUT2D eigenvalue weighted by molar-refractivity contribution is 9.10. The molecule has 0 radical (unpaired) electrons. The number of carboxylic acid groups (broad SMARTS) is 1. The summed E-state index contributed by atoms with van der Waals surface area (Å²) in [5, 5.41) is 8.92. The molecule has 86 valence electrons. The van der Waals surface area contributed by atoms with Crippen LogP contribution in [0.25, 0.3) is 0 Å². The molecule has 5 heteroatoms. The summed E-state index contributed by atoms with van der Waals surface area (Å²) in [6, 6.07) is 3.20. The van der Waals surface area contributed by atoms with Crippen molar-refractivity contribution >= 4 is 27.9 Å². The first kappa shape index (κ1) is 12.7. The van der Waals surface area contributed by atoms with Gasteiger partial charge in [0.15, 0.2) is 0 Å². The van der Waals surface area contributed by atoms with Gasteiger partial charge in [0.05, 0.1) is 5.56 Å². The van der Waals surface area contributed by atoms with Crippen LogP contribution >= 0.6 is 15.9 Å². The minimum absolute atomic E-state index is 0.0723. The van der Waals surface area contributed by atoms with Gasteiger partial charge >= 0.3 is 11.9 Å². The number of carboxylic acids is 1. The molecule has 0 fully saturated rings. The van der Waals surface area contributed by atoms with Gasteiger partial charge in [-0.05, 0) is 34.5 Å². The number of halogens is 1. The standard InChI is InChI=1S/C11H11BrO4/c1-6-3-4-8(11(14)15)10(12)9(6)5-16-7(2)13/h3-4H,5H2,1-2H3,(H,14,15). The van der Waals surface area contributed by atoms with Crippen LogP contribution in [0.1, 0.15) is 28.4 Å². The Labute approximate surface area is 101 Å². The molecule has 1 aromatic carbocycles. The van der Waals surface area contributed by atoms with Crippen molar-refractivity contribution in [1.82, 2.24) is 0 Å². The number of rotatable bonds is 3. The van der Waals surface area contributed by atoms with E-state index in [2.05, 4.69) is 15.9 Å². The monoisotopic (exact) mass is 286 g/mol. The van der Waals surface area contributed by atoms with Gasteiger partial charge in [0, 0.05) is 17.0 Å². The minimum atomic E-state index is -1.02. The molecule has 0 aliphatic carbocycles. The zero-order valence-corrected chi connectivity index (χ0v) is 10.5. The van der Waals surface area contributed by atoms with E-state index >= 15 is 0 Å². The molecule has 0 spiro atoms. The largest absolute Gasteiger partial charge is 0.478 e. The summed E-state index contributed by atoms with van der Waals surface area (Å²) in [4.78, 5) is 21.6. The van der Waals surface area contributed by atoms with Crippen molar-refractivity contribution in [2.45, 2.75) is 20.5 Å². The molecule has 4 nitrogen and oxygen atoms in total. The maximum Gasteiger partial charge on any atom is 0.336 e. The van der Waals surface area contributed by atoms with Gasteiger partial charge in [-0.3, -0.25) is 4.79 Å². The first-order valence-corrected chi connectivity index (χ1v) is 5.37. The van der Waals surface area contributed by atoms with Crippen molar-refractivity contribution in [2.75, 3.05) is 0 Å². The van der Waals surface area contributed by atoms with Gasteiger partial charge in [-0.1, -0.05) is 6.07 Å². The molecule has 0 atom stereocenters. The lowest BCUT2D eigenvalue weighted by atomic mass is 10.1. The highest BCUT2D eigenvalue weighted by Gasteiger charge is 2.14. The molecular weight excluding hydrogens is 276 g/mol. The number of esters is 1. The molecule has 0 unspecified atom stereocenters. The van der Waals surface area contributed by atoms with Crippen LogP contribution in [-0.4, -0.2) is 17.0 Å². The Balaban J connectivity index is 3.11. The maximum absolute atomic E-state index is 10.9. The second-order valence-electron chi connectivity index (χ2n) is 3.31. The van der Waals surface area contributed by atoms with Gasteiger partial charge < -0.3 is 9.84 Å². The quantitative estimate of drug-likeness (QED) is 0.868. The van der Waals surface area contributed by atoms with Crippen LogP contribution in [0.4, 0.5) is 0 Å². The molecule has 0 aliphatic rings. The van der Waals surface area contributed by atoms with Crippen molar-refractivity contribution in [2.24, 2.45) is 0 Å². The van der Waals surface area contributed by atoms with Gasteiger partial charge in [0.25, 0.3) is 0 Å². The normalized spacial score (nSPS) is 9.94. The van der Waals surface area contributed by atoms with E-state index in [-0.39, 0.29) is 12.2 Å². The van der Waals surface area contributed by atoms with Crippen LogP contribution in [0, 0.1) is 6.92 Å². The van der Waals surface area contributed by atoms with Gasteiger partial charge in [-0.2, -0.15) is 0 Å². The summed E-state index contributed by atoms with van der Waals surface area (Å²) in [5.74, 6) is -1.41. The predicted molar refractivity (Wildman–Crippen MR) is 61.3 cm³/mol. The molecule has 1 rings (SSSR count). The maximum atomic E-state index is 10.9. The lowest BCUT2D eigenvalue weighted by molar-refractivity contribution is -0.142. The number of aryl methyl sites for hydroxylation is 1. The summed E-state index contributed by atoms with van der Waals surface area (Å²) in [6.07, 6.45) is 0. The SMILES string of the molecule is CC(=O)OCc1c(C)ccc(C(=O)O)c1Br. The van der Waals surface area contributed by atoms with Crippen molar-refractivity contribution in [3.8, 4) is 0 Å². The third kappa shape index (κ3) is 2.82. The van der Waals surface area contributed by atoms with Gasteiger partial charge in [-0.15, -0.1) is 0 Å². The Morgan fingerprint density at radius 3 is 2.56 bits per heavy atom. The number of ether oxygens (including phenoxy) is 1. The second-order valence-corrected chi connectivity index (χ2v) is 4.10. The van der Waals surface area contributed by atoms with E-state index in [1.807, 2.05) is 6.92 Å². The summed E-state index contributed by atoms with van der Waals surface area (Å²) < 4.78 is 5.32. The van der Waals surface area contributed by atoms with Crippen LogP contribution in [-0.2, 0) is 16.1 Å². The van der Waals surface area contributed by atoms with E-state index in [0.29, 0.717) is 10.0 Å². The number of hydrogen-bond acceptors (Lipinski definition) is 3. The summed E-state index contributed by atoms with van der Waals surface area (Å²) >= 11 is 3.21. The third-order valence-electron chi connectivity index (χ3n) is 2.13. The van der Waals surface area contributed by atoms with Crippen molar-refractivity contribution in [3.05, 3.63) is 33.3 Å². The Kier molecular flexibility index (Phi) is 4.06. The van der Waals surface area contributed by atoms with Crippen LogP contribution in [0.2, 0.25) is 0 Å². The molecule has 1 N–H and O–H groups in total. The molecule has 0 amide bonds. The zero-order chi connectivity index (χ0) is 12.3. The van der Waals surface area contributed by atoms with E-state index in [1.54, 1.807) is 6.07 Å². The molecule has 16 heavy (non-hydrogen) atoms. The Morgan fingerprint density at radius 2 is 2.06 bits per heavy atom. The lowest BCUT2D eigenvalue weighted by Crippen LogP contribution is -2.05. The fraction of sp³-hybridized carbons (Fsp3) is 0.273. The van der Waals surface area contributed by atoms with Crippen molar-refractivity contribution in [1.29, 1.82) is 0 Å². The first-order chi connectivity index (χ1) is 7.43. The fourth-order valence-electron chi connectivity index (χ4n) is 1.23. The molecule has 0 heterocycles. The molecule has 0 aromatic heterocycles. The van der Waals surface area contributed by atoms with Gasteiger partial charge in [-0.25, -0.2) is 4.79 Å². The first-order valence-electron chi connectivity index (χ1n) is 4.58. The van der Waals surface area contributed by atoms with E-state index in [1.165, 1.54) is 13.0 Å². The van der Waals surface area contributed by atoms with E-state index in [9.17, 15) is 9.59 Å². The Bertz CT molecular complexity index is 440. The fourth-order valence-corrected chi connectivity index (χ4v) is 1.96. The highest BCUT2D eigenvalue weighted by Crippen LogP contribution is 2.25. The Hall–Kier alpha value is -1.36. The smallest absolute Gasteiger partial charge is 0.336 e. The van der Waals surface area contributed by atoms with Gasteiger partial charge in [0.2, 0.25) is 0 Å². The second kappa shape index (κ2) is 5.12. The number of hydrogen-bond donors (Lipinski definition) is 1. The molecule has 0 bridgehead atoms. The van der Waals surface area contributed by atoms with Crippen LogP contribution in [0.15, 0.2) is 16.6 Å². The number of carbonyl (C=O) groups is 2. The topological polar surface area (TPSA) is 63.6 Å². The highest BCUT2D eigenvalue weighted by atomic mass is 79.9. The molecule has 1 aromatic rings. The van der Waals surface area contributed by atoms with Crippen molar-refractivity contribution < 1.29 is 19.4 Å². The lowest BCUT2D eigenvalue weighted by Gasteiger charge is -2.10. The van der Waals surface area contributed by atoms with E-state index < -0.39 is 11.9 Å². The number of aromatic carboxylic acids is 1. The average Bonchev–Trinajstić information content (AvgIpc) is 2.16. The van der Waals surface area contributed by atoms with Crippen LogP contribution in [0.3, 0.4) is 0 Å². The number of benzene rings is 1. The summed E-state index contributed by atoms with van der Waals surface area (Å²) in [5.41, 5.74) is 1.71. The van der Waals surface area contributed by atoms with Crippen LogP contribution < -0.4 is 0 Å². The average molecular weight is 287 g/mol. The molecule has 0 saturated carbocycles. The van der Waals surface area contributed by atoms with Crippen LogP contribution in [0.5, 0.6) is 0 Å². The minimum Gasteiger partial charge on any atom is -0.478 e. The zero-order valence-electron chi connectivity index (χ0n) is 8.91. The van der Waals surface area contributed by atoms with E-state index in [0.717, 1.165) is 5.56 Å². The number of carbonyl (C=O) groups excluding carboxylic acids is 1. The third-order valence-corrected chi connectivity index (χ3v) is 3.03. The molecular formula is C11H11BrO4. The summed E-state index contributed by atoms with van der Waals surface area (Å²) in [7, 11) is 0. The molecule has 0 aliphatic heterocycles. The predicted octanol–water partition coefficient (Wildman–Crippen LogP) is 2.52.